The first-order valence-electron chi connectivity index (χ1n) is 8.17. The molecule has 0 fully saturated rings. The Labute approximate surface area is 153 Å². The van der Waals surface area contributed by atoms with Crippen molar-refractivity contribution in [1.29, 1.82) is 0 Å². The molecule has 0 radical (unpaired) electrons. The molecule has 0 bridgehead atoms. The first-order valence-corrected chi connectivity index (χ1v) is 8.17. The highest BCUT2D eigenvalue weighted by Gasteiger charge is 2.31. The van der Waals surface area contributed by atoms with Crippen molar-refractivity contribution in [2.45, 2.75) is 52.0 Å². The summed E-state index contributed by atoms with van der Waals surface area (Å²) in [7, 11) is 1.19. The fourth-order valence-electron chi connectivity index (χ4n) is 1.98. The van der Waals surface area contributed by atoms with Crippen LogP contribution in [0.5, 0.6) is 0 Å². The highest BCUT2D eigenvalue weighted by Crippen LogP contribution is 2.08. The summed E-state index contributed by atoms with van der Waals surface area (Å²) in [6.45, 7) is 6.72. The molecule has 0 aliphatic carbocycles. The summed E-state index contributed by atoms with van der Waals surface area (Å²) in [6, 6.07) is 7.25. The Morgan fingerprint density at radius 1 is 1.04 bits per heavy atom. The molecule has 26 heavy (non-hydrogen) atoms. The summed E-state index contributed by atoms with van der Waals surface area (Å²) in [4.78, 5) is 35.8. The Kier molecular flexibility index (Phi) is 7.89. The van der Waals surface area contributed by atoms with Crippen molar-refractivity contribution in [3.8, 4) is 0 Å². The number of benzene rings is 1. The highest BCUT2D eigenvalue weighted by molar-refractivity contribution is 5.83. The van der Waals surface area contributed by atoms with Crippen LogP contribution in [0.25, 0.3) is 0 Å². The van der Waals surface area contributed by atoms with Gasteiger partial charge in [-0.25, -0.2) is 14.4 Å². The molecule has 1 aromatic carbocycles. The minimum absolute atomic E-state index is 0.0851. The SMILES string of the molecule is COC(=O)[C@@H](NC(=O)OC(C)(C)C)[C@@H](C)NC(=O)OCc1ccccc1. The van der Waals surface area contributed by atoms with Crippen molar-refractivity contribution in [2.24, 2.45) is 0 Å². The second kappa shape index (κ2) is 9.65. The Morgan fingerprint density at radius 3 is 2.19 bits per heavy atom. The lowest BCUT2D eigenvalue weighted by atomic mass is 10.1. The summed E-state index contributed by atoms with van der Waals surface area (Å²) in [5.74, 6) is -0.716. The smallest absolute Gasteiger partial charge is 0.408 e. The van der Waals surface area contributed by atoms with Gasteiger partial charge in [0.15, 0.2) is 0 Å². The fraction of sp³-hybridized carbons (Fsp3) is 0.500. The summed E-state index contributed by atoms with van der Waals surface area (Å²) in [5, 5.41) is 4.90. The molecule has 0 aliphatic heterocycles. The number of rotatable bonds is 6. The summed E-state index contributed by atoms with van der Waals surface area (Å²) >= 11 is 0. The topological polar surface area (TPSA) is 103 Å². The third-order valence-corrected chi connectivity index (χ3v) is 3.19. The highest BCUT2D eigenvalue weighted by atomic mass is 16.6. The first kappa shape index (κ1) is 21.3. The molecule has 2 amide bonds. The molecule has 0 saturated carbocycles. The van der Waals surface area contributed by atoms with Gasteiger partial charge in [0.1, 0.15) is 18.2 Å². The van der Waals surface area contributed by atoms with Gasteiger partial charge in [0.05, 0.1) is 13.2 Å². The molecule has 1 aromatic rings. The molecule has 2 atom stereocenters. The second-order valence-corrected chi connectivity index (χ2v) is 6.64. The van der Waals surface area contributed by atoms with Crippen molar-refractivity contribution in [2.75, 3.05) is 7.11 Å². The van der Waals surface area contributed by atoms with E-state index in [-0.39, 0.29) is 6.61 Å². The number of carbonyl (C=O) groups is 3. The van der Waals surface area contributed by atoms with E-state index in [9.17, 15) is 14.4 Å². The molecular formula is C18H26N2O6. The van der Waals surface area contributed by atoms with Crippen LogP contribution in [0, 0.1) is 0 Å². The number of methoxy groups -OCH3 is 1. The predicted octanol–water partition coefficient (Wildman–Crippen LogP) is 2.37. The minimum atomic E-state index is -1.13. The molecule has 0 spiro atoms. The maximum atomic E-state index is 11.9. The first-order chi connectivity index (χ1) is 12.1. The van der Waals surface area contributed by atoms with Crippen molar-refractivity contribution in [3.63, 3.8) is 0 Å². The van der Waals surface area contributed by atoms with Crippen LogP contribution in [0.4, 0.5) is 9.59 Å². The lowest BCUT2D eigenvalue weighted by Gasteiger charge is -2.26. The minimum Gasteiger partial charge on any atom is -0.467 e. The van der Waals surface area contributed by atoms with Gasteiger partial charge in [-0.05, 0) is 33.3 Å². The standard InChI is InChI=1S/C18H26N2O6/c1-12(19-16(22)25-11-13-9-7-6-8-10-13)14(15(21)24-5)20-17(23)26-18(2,3)4/h6-10,12,14H,11H2,1-5H3,(H,19,22)(H,20,23)/t12-,14+/m1/s1. The van der Waals surface area contributed by atoms with E-state index in [1.165, 1.54) is 7.11 Å². The zero-order valence-electron chi connectivity index (χ0n) is 15.7. The molecule has 0 heterocycles. The van der Waals surface area contributed by atoms with Crippen molar-refractivity contribution in [3.05, 3.63) is 35.9 Å². The Hall–Kier alpha value is -2.77. The van der Waals surface area contributed by atoms with E-state index in [2.05, 4.69) is 15.4 Å². The number of amides is 2. The van der Waals surface area contributed by atoms with Gasteiger partial charge in [0.2, 0.25) is 0 Å². The van der Waals surface area contributed by atoms with E-state index in [0.717, 1.165) is 5.56 Å². The van der Waals surface area contributed by atoms with Crippen LogP contribution < -0.4 is 10.6 Å². The molecule has 2 N–H and O–H groups in total. The van der Waals surface area contributed by atoms with E-state index in [0.29, 0.717) is 0 Å². The van der Waals surface area contributed by atoms with Crippen molar-refractivity contribution in [1.82, 2.24) is 10.6 Å². The van der Waals surface area contributed by atoms with E-state index in [4.69, 9.17) is 9.47 Å². The quantitative estimate of drug-likeness (QED) is 0.592. The van der Waals surface area contributed by atoms with Gasteiger partial charge in [-0.3, -0.25) is 0 Å². The normalized spacial score (nSPS) is 13.1. The Balaban J connectivity index is 2.61. The van der Waals surface area contributed by atoms with Gasteiger partial charge in [0.25, 0.3) is 0 Å². The van der Waals surface area contributed by atoms with Crippen LogP contribution in [-0.4, -0.2) is 43.0 Å². The van der Waals surface area contributed by atoms with E-state index in [1.807, 2.05) is 30.3 Å². The van der Waals surface area contributed by atoms with Gasteiger partial charge in [-0.15, -0.1) is 0 Å². The lowest BCUT2D eigenvalue weighted by Crippen LogP contribution is -2.55. The average Bonchev–Trinajstić information content (AvgIpc) is 2.56. The molecule has 0 aromatic heterocycles. The maximum Gasteiger partial charge on any atom is 0.408 e. The van der Waals surface area contributed by atoms with Crippen LogP contribution in [0.15, 0.2) is 30.3 Å². The third-order valence-electron chi connectivity index (χ3n) is 3.19. The average molecular weight is 366 g/mol. The van der Waals surface area contributed by atoms with Crippen molar-refractivity contribution >= 4 is 18.2 Å². The molecule has 8 nitrogen and oxygen atoms in total. The number of esters is 1. The third kappa shape index (κ3) is 7.87. The van der Waals surface area contributed by atoms with E-state index < -0.39 is 35.8 Å². The predicted molar refractivity (Wildman–Crippen MR) is 94.4 cm³/mol. The zero-order chi connectivity index (χ0) is 19.7. The fourth-order valence-corrected chi connectivity index (χ4v) is 1.98. The van der Waals surface area contributed by atoms with E-state index in [1.54, 1.807) is 27.7 Å². The number of ether oxygens (including phenoxy) is 3. The summed E-state index contributed by atoms with van der Waals surface area (Å²) in [5.41, 5.74) is 0.0995. The summed E-state index contributed by atoms with van der Waals surface area (Å²) < 4.78 is 14.9. The molecule has 0 saturated heterocycles. The maximum absolute atomic E-state index is 11.9. The van der Waals surface area contributed by atoms with Crippen LogP contribution in [-0.2, 0) is 25.6 Å². The monoisotopic (exact) mass is 366 g/mol. The molecule has 0 aliphatic rings. The molecule has 144 valence electrons. The molecule has 1 rings (SSSR count). The van der Waals surface area contributed by atoms with Crippen molar-refractivity contribution < 1.29 is 28.6 Å². The Bertz CT molecular complexity index is 612. The zero-order valence-corrected chi connectivity index (χ0v) is 15.7. The second-order valence-electron chi connectivity index (χ2n) is 6.64. The van der Waals surface area contributed by atoms with E-state index >= 15 is 0 Å². The van der Waals surface area contributed by atoms with Crippen LogP contribution in [0.1, 0.15) is 33.3 Å². The number of nitrogens with one attached hydrogen (secondary N) is 2. The molecule has 8 heteroatoms. The number of hydrogen-bond acceptors (Lipinski definition) is 6. The number of carbonyl (C=O) groups excluding carboxylic acids is 3. The Morgan fingerprint density at radius 2 is 1.65 bits per heavy atom. The lowest BCUT2D eigenvalue weighted by molar-refractivity contribution is -0.143. The van der Waals surface area contributed by atoms with Gasteiger partial charge >= 0.3 is 18.2 Å². The summed E-state index contributed by atoms with van der Waals surface area (Å²) in [6.07, 6.45) is -1.51. The van der Waals surface area contributed by atoms with Gasteiger partial charge in [0, 0.05) is 0 Å². The van der Waals surface area contributed by atoms with Crippen LogP contribution in [0.3, 0.4) is 0 Å². The molecule has 0 unspecified atom stereocenters. The van der Waals surface area contributed by atoms with Gasteiger partial charge < -0.3 is 24.8 Å². The van der Waals surface area contributed by atoms with Gasteiger partial charge in [-0.1, -0.05) is 30.3 Å². The van der Waals surface area contributed by atoms with Crippen LogP contribution >= 0.6 is 0 Å². The molecular weight excluding hydrogens is 340 g/mol. The number of alkyl carbamates (subject to hydrolysis) is 2. The van der Waals surface area contributed by atoms with Gasteiger partial charge in [-0.2, -0.15) is 0 Å². The number of hydrogen-bond donors (Lipinski definition) is 2. The largest absolute Gasteiger partial charge is 0.467 e. The van der Waals surface area contributed by atoms with Crippen LogP contribution in [0.2, 0.25) is 0 Å².